The normalized spacial score (nSPS) is 10.8. The Morgan fingerprint density at radius 2 is 1.94 bits per heavy atom. The SMILES string of the molecule is COc1cc(Cl)c(CCCO)c(C(C)C)c1OC. The van der Waals surface area contributed by atoms with Crippen LogP contribution in [0.25, 0.3) is 0 Å². The molecule has 1 aromatic rings. The number of aliphatic hydroxyl groups excluding tert-OH is 1. The van der Waals surface area contributed by atoms with Gasteiger partial charge in [-0.1, -0.05) is 25.4 Å². The Bertz CT molecular complexity index is 403. The van der Waals surface area contributed by atoms with Gasteiger partial charge in [-0.2, -0.15) is 0 Å². The molecule has 0 bridgehead atoms. The quantitative estimate of drug-likeness (QED) is 0.863. The smallest absolute Gasteiger partial charge is 0.164 e. The van der Waals surface area contributed by atoms with E-state index in [9.17, 15) is 0 Å². The van der Waals surface area contributed by atoms with E-state index in [0.717, 1.165) is 23.3 Å². The first-order valence-electron chi connectivity index (χ1n) is 6.10. The van der Waals surface area contributed by atoms with Crippen LogP contribution in [-0.2, 0) is 6.42 Å². The molecule has 0 radical (unpaired) electrons. The van der Waals surface area contributed by atoms with Crippen LogP contribution in [0.5, 0.6) is 11.5 Å². The van der Waals surface area contributed by atoms with Crippen molar-refractivity contribution in [3.05, 3.63) is 22.2 Å². The van der Waals surface area contributed by atoms with Gasteiger partial charge in [-0.3, -0.25) is 0 Å². The first kappa shape index (κ1) is 15.1. The van der Waals surface area contributed by atoms with Gasteiger partial charge in [0.2, 0.25) is 0 Å². The summed E-state index contributed by atoms with van der Waals surface area (Å²) in [7, 11) is 3.24. The zero-order chi connectivity index (χ0) is 13.7. The second-order valence-electron chi connectivity index (χ2n) is 4.47. The third kappa shape index (κ3) is 3.09. The molecule has 3 nitrogen and oxygen atoms in total. The summed E-state index contributed by atoms with van der Waals surface area (Å²) in [5, 5.41) is 9.65. The van der Waals surface area contributed by atoms with Crippen molar-refractivity contribution in [2.24, 2.45) is 0 Å². The number of rotatable bonds is 6. The molecule has 0 unspecified atom stereocenters. The van der Waals surface area contributed by atoms with E-state index in [0.29, 0.717) is 17.2 Å². The maximum absolute atomic E-state index is 8.98. The average molecular weight is 273 g/mol. The molecule has 0 spiro atoms. The van der Waals surface area contributed by atoms with Gasteiger partial charge >= 0.3 is 0 Å². The molecule has 102 valence electrons. The van der Waals surface area contributed by atoms with Crippen LogP contribution in [0.3, 0.4) is 0 Å². The van der Waals surface area contributed by atoms with Crippen molar-refractivity contribution in [1.82, 2.24) is 0 Å². The summed E-state index contributed by atoms with van der Waals surface area (Å²) in [5.41, 5.74) is 2.11. The Hall–Kier alpha value is -0.930. The van der Waals surface area contributed by atoms with Gasteiger partial charge in [-0.05, 0) is 24.3 Å². The molecule has 0 saturated carbocycles. The highest BCUT2D eigenvalue weighted by atomic mass is 35.5. The molecule has 1 N–H and O–H groups in total. The predicted molar refractivity (Wildman–Crippen MR) is 74.1 cm³/mol. The van der Waals surface area contributed by atoms with E-state index in [1.807, 2.05) is 0 Å². The van der Waals surface area contributed by atoms with Gasteiger partial charge in [0, 0.05) is 23.3 Å². The lowest BCUT2D eigenvalue weighted by molar-refractivity contribution is 0.288. The lowest BCUT2D eigenvalue weighted by Gasteiger charge is -2.20. The van der Waals surface area contributed by atoms with Gasteiger partial charge in [0.1, 0.15) is 0 Å². The number of halogens is 1. The van der Waals surface area contributed by atoms with Gasteiger partial charge in [0.25, 0.3) is 0 Å². The number of ether oxygens (including phenoxy) is 2. The zero-order valence-corrected chi connectivity index (χ0v) is 12.2. The van der Waals surface area contributed by atoms with Crippen LogP contribution in [0.2, 0.25) is 5.02 Å². The molecule has 0 fully saturated rings. The van der Waals surface area contributed by atoms with Crippen molar-refractivity contribution in [3.8, 4) is 11.5 Å². The number of hydrogen-bond acceptors (Lipinski definition) is 3. The van der Waals surface area contributed by atoms with Crippen LogP contribution >= 0.6 is 11.6 Å². The van der Waals surface area contributed by atoms with Crippen LogP contribution in [0.15, 0.2) is 6.07 Å². The maximum atomic E-state index is 8.98. The summed E-state index contributed by atoms with van der Waals surface area (Å²) in [5.74, 6) is 1.67. The molecule has 0 atom stereocenters. The molecule has 0 aromatic heterocycles. The van der Waals surface area contributed by atoms with Crippen molar-refractivity contribution < 1.29 is 14.6 Å². The van der Waals surface area contributed by atoms with Crippen molar-refractivity contribution >= 4 is 11.6 Å². The number of aliphatic hydroxyl groups is 1. The Balaban J connectivity index is 3.39. The number of methoxy groups -OCH3 is 2. The highest BCUT2D eigenvalue weighted by Crippen LogP contribution is 2.42. The molecule has 0 saturated heterocycles. The van der Waals surface area contributed by atoms with E-state index in [2.05, 4.69) is 13.8 Å². The van der Waals surface area contributed by atoms with Gasteiger partial charge in [0.15, 0.2) is 11.5 Å². The zero-order valence-electron chi connectivity index (χ0n) is 11.4. The highest BCUT2D eigenvalue weighted by molar-refractivity contribution is 6.31. The molecule has 1 aromatic carbocycles. The summed E-state index contributed by atoms with van der Waals surface area (Å²) < 4.78 is 10.8. The topological polar surface area (TPSA) is 38.7 Å². The number of benzene rings is 1. The lowest BCUT2D eigenvalue weighted by Crippen LogP contribution is -2.04. The van der Waals surface area contributed by atoms with E-state index < -0.39 is 0 Å². The minimum Gasteiger partial charge on any atom is -0.493 e. The highest BCUT2D eigenvalue weighted by Gasteiger charge is 2.20. The van der Waals surface area contributed by atoms with Crippen LogP contribution < -0.4 is 9.47 Å². The molecule has 0 heterocycles. The van der Waals surface area contributed by atoms with Crippen LogP contribution in [0, 0.1) is 0 Å². The molecule has 0 amide bonds. The minimum atomic E-state index is 0.155. The molecular formula is C14H21ClO3. The van der Waals surface area contributed by atoms with Gasteiger partial charge < -0.3 is 14.6 Å². The van der Waals surface area contributed by atoms with Crippen molar-refractivity contribution in [3.63, 3.8) is 0 Å². The first-order valence-corrected chi connectivity index (χ1v) is 6.48. The number of hydrogen-bond donors (Lipinski definition) is 1. The van der Waals surface area contributed by atoms with E-state index in [4.69, 9.17) is 26.2 Å². The van der Waals surface area contributed by atoms with Crippen LogP contribution in [0.1, 0.15) is 37.3 Å². The molecule has 1 rings (SSSR count). The largest absolute Gasteiger partial charge is 0.493 e. The van der Waals surface area contributed by atoms with Crippen molar-refractivity contribution in [2.75, 3.05) is 20.8 Å². The van der Waals surface area contributed by atoms with Crippen molar-refractivity contribution in [1.29, 1.82) is 0 Å². The molecule has 4 heteroatoms. The van der Waals surface area contributed by atoms with Gasteiger partial charge in [-0.25, -0.2) is 0 Å². The molecule has 0 aliphatic carbocycles. The average Bonchev–Trinajstić information content (AvgIpc) is 2.35. The fraction of sp³-hybridized carbons (Fsp3) is 0.571. The van der Waals surface area contributed by atoms with Gasteiger partial charge in [0.05, 0.1) is 14.2 Å². The third-order valence-corrected chi connectivity index (χ3v) is 3.26. The Kier molecular flexibility index (Phi) is 5.76. The van der Waals surface area contributed by atoms with E-state index in [-0.39, 0.29) is 12.5 Å². The molecule has 0 aliphatic rings. The molecule has 0 aliphatic heterocycles. The van der Waals surface area contributed by atoms with Crippen LogP contribution in [0.4, 0.5) is 0 Å². The maximum Gasteiger partial charge on any atom is 0.164 e. The van der Waals surface area contributed by atoms with E-state index in [1.165, 1.54) is 0 Å². The lowest BCUT2D eigenvalue weighted by atomic mass is 9.93. The third-order valence-electron chi connectivity index (χ3n) is 2.93. The van der Waals surface area contributed by atoms with Crippen molar-refractivity contribution in [2.45, 2.75) is 32.6 Å². The van der Waals surface area contributed by atoms with E-state index in [1.54, 1.807) is 20.3 Å². The summed E-state index contributed by atoms with van der Waals surface area (Å²) in [4.78, 5) is 0. The fourth-order valence-electron chi connectivity index (χ4n) is 2.15. The second-order valence-corrected chi connectivity index (χ2v) is 4.88. The minimum absolute atomic E-state index is 0.155. The van der Waals surface area contributed by atoms with E-state index >= 15 is 0 Å². The monoisotopic (exact) mass is 272 g/mol. The summed E-state index contributed by atoms with van der Waals surface area (Å²) >= 11 is 6.30. The van der Waals surface area contributed by atoms with Crippen LogP contribution in [-0.4, -0.2) is 25.9 Å². The first-order chi connectivity index (χ1) is 8.56. The fourth-order valence-corrected chi connectivity index (χ4v) is 2.44. The summed E-state index contributed by atoms with van der Waals surface area (Å²) in [6.45, 7) is 4.34. The Morgan fingerprint density at radius 3 is 2.39 bits per heavy atom. The Labute approximate surface area is 114 Å². The predicted octanol–water partition coefficient (Wildman–Crippen LogP) is 3.41. The molecule has 18 heavy (non-hydrogen) atoms. The summed E-state index contributed by atoms with van der Waals surface area (Å²) in [6.07, 6.45) is 1.43. The van der Waals surface area contributed by atoms with Gasteiger partial charge in [-0.15, -0.1) is 0 Å². The summed E-state index contributed by atoms with van der Waals surface area (Å²) in [6, 6.07) is 1.78. The second kappa shape index (κ2) is 6.86. The Morgan fingerprint density at radius 1 is 1.28 bits per heavy atom. The standard InChI is InChI=1S/C14H21ClO3/c1-9(2)13-10(6-5-7-16)11(15)8-12(17-3)14(13)18-4/h8-9,16H,5-7H2,1-4H3. The molecular weight excluding hydrogens is 252 g/mol.